The lowest BCUT2D eigenvalue weighted by Crippen LogP contribution is -2.30. The molecule has 0 N–H and O–H groups in total. The molecule has 1 heterocycles. The molecule has 0 saturated heterocycles. The smallest absolute Gasteiger partial charge is 0.147 e. The second kappa shape index (κ2) is 13.3. The van der Waals surface area contributed by atoms with Gasteiger partial charge in [-0.25, -0.2) is 0 Å². The third-order valence-corrected chi connectivity index (χ3v) is 8.07. The summed E-state index contributed by atoms with van der Waals surface area (Å²) in [6, 6.07) is 41.5. The lowest BCUT2D eigenvalue weighted by Gasteiger charge is -2.36. The van der Waals surface area contributed by atoms with Crippen LogP contribution in [0.5, 0.6) is 0 Å². The van der Waals surface area contributed by atoms with Crippen molar-refractivity contribution in [3.8, 4) is 0 Å². The van der Waals surface area contributed by atoms with Crippen molar-refractivity contribution in [2.24, 2.45) is 4.99 Å². The van der Waals surface area contributed by atoms with Gasteiger partial charge in [-0.05, 0) is 67.0 Å². The van der Waals surface area contributed by atoms with Crippen LogP contribution in [0.25, 0.3) is 5.70 Å². The molecule has 0 saturated carbocycles. The molecule has 2 heteroatoms. The summed E-state index contributed by atoms with van der Waals surface area (Å²) in [4.78, 5) is 7.68. The van der Waals surface area contributed by atoms with E-state index < -0.39 is 0 Å². The maximum absolute atomic E-state index is 5.25. The molecule has 4 aromatic carbocycles. The summed E-state index contributed by atoms with van der Waals surface area (Å²) < 4.78 is 0. The Morgan fingerprint density at radius 1 is 0.750 bits per heavy atom. The molecular formula is C38H40N2. The van der Waals surface area contributed by atoms with E-state index >= 15 is 0 Å². The van der Waals surface area contributed by atoms with Gasteiger partial charge in [0, 0.05) is 18.2 Å². The molecule has 1 aliphatic heterocycles. The second-order valence-electron chi connectivity index (χ2n) is 10.4. The van der Waals surface area contributed by atoms with Gasteiger partial charge in [-0.2, -0.15) is 0 Å². The van der Waals surface area contributed by atoms with E-state index in [-0.39, 0.29) is 6.17 Å². The van der Waals surface area contributed by atoms with Gasteiger partial charge in [-0.3, -0.25) is 4.99 Å². The lowest BCUT2D eigenvalue weighted by molar-refractivity contribution is 0.318. The average Bonchev–Trinajstić information content (AvgIpc) is 3.04. The van der Waals surface area contributed by atoms with E-state index in [0.717, 1.165) is 37.1 Å². The molecule has 2 nitrogen and oxygen atoms in total. The fraction of sp³-hybridized carbons (Fsp3) is 0.237. The number of nitrogens with zero attached hydrogens (tertiary/aromatic N) is 2. The van der Waals surface area contributed by atoms with Crippen molar-refractivity contribution in [3.05, 3.63) is 161 Å². The van der Waals surface area contributed by atoms with Crippen LogP contribution in [-0.4, -0.2) is 17.2 Å². The van der Waals surface area contributed by atoms with Gasteiger partial charge < -0.3 is 4.90 Å². The Labute approximate surface area is 240 Å². The molecule has 0 aromatic heterocycles. The van der Waals surface area contributed by atoms with Crippen LogP contribution in [0.15, 0.2) is 138 Å². The normalized spacial score (nSPS) is 16.3. The van der Waals surface area contributed by atoms with Crippen LogP contribution in [0.1, 0.15) is 79.9 Å². The summed E-state index contributed by atoms with van der Waals surface area (Å²) in [5.41, 5.74) is 10.1. The number of aliphatic imine (C=N–C) groups is 1. The van der Waals surface area contributed by atoms with Gasteiger partial charge >= 0.3 is 0 Å². The van der Waals surface area contributed by atoms with Gasteiger partial charge in [0.25, 0.3) is 0 Å². The molecule has 0 bridgehead atoms. The minimum absolute atomic E-state index is 0.0635. The Bertz CT molecular complexity index is 1450. The molecule has 4 aromatic rings. The second-order valence-corrected chi connectivity index (χ2v) is 10.4. The van der Waals surface area contributed by atoms with Gasteiger partial charge in [0.05, 0.1) is 5.71 Å². The van der Waals surface area contributed by atoms with Gasteiger partial charge in [0.2, 0.25) is 0 Å². The van der Waals surface area contributed by atoms with Crippen LogP contribution in [-0.2, 0) is 0 Å². The first-order chi connectivity index (χ1) is 19.7. The molecule has 2 atom stereocenters. The monoisotopic (exact) mass is 524 g/mol. The molecule has 0 fully saturated rings. The van der Waals surface area contributed by atoms with E-state index in [1.807, 2.05) is 0 Å². The number of benzene rings is 4. The molecule has 202 valence electrons. The zero-order valence-corrected chi connectivity index (χ0v) is 24.0. The Hall–Kier alpha value is -4.17. The van der Waals surface area contributed by atoms with Gasteiger partial charge in [0.15, 0.2) is 0 Å². The molecular weight excluding hydrogens is 484 g/mol. The highest BCUT2D eigenvalue weighted by Crippen LogP contribution is 2.37. The third-order valence-electron chi connectivity index (χ3n) is 8.07. The minimum atomic E-state index is -0.0635. The van der Waals surface area contributed by atoms with Crippen LogP contribution >= 0.6 is 0 Å². The quantitative estimate of drug-likeness (QED) is 0.189. The van der Waals surface area contributed by atoms with Crippen LogP contribution in [0, 0.1) is 0 Å². The van der Waals surface area contributed by atoms with E-state index in [4.69, 9.17) is 4.99 Å². The van der Waals surface area contributed by atoms with E-state index in [1.54, 1.807) is 0 Å². The van der Waals surface area contributed by atoms with Crippen LogP contribution in [0.2, 0.25) is 0 Å². The van der Waals surface area contributed by atoms with E-state index in [9.17, 15) is 0 Å². The maximum Gasteiger partial charge on any atom is 0.147 e. The van der Waals surface area contributed by atoms with Crippen LogP contribution in [0.3, 0.4) is 0 Å². The lowest BCUT2D eigenvalue weighted by atomic mass is 9.85. The highest BCUT2D eigenvalue weighted by molar-refractivity contribution is 6.13. The summed E-state index contributed by atoms with van der Waals surface area (Å²) in [5, 5.41) is 0. The number of rotatable bonds is 10. The van der Waals surface area contributed by atoms with Crippen molar-refractivity contribution >= 4 is 11.4 Å². The molecule has 1 aliphatic rings. The first kappa shape index (κ1) is 27.4. The predicted molar refractivity (Wildman–Crippen MR) is 171 cm³/mol. The molecule has 0 radical (unpaired) electrons. The molecule has 0 spiro atoms. The first-order valence-corrected chi connectivity index (χ1v) is 14.7. The summed E-state index contributed by atoms with van der Waals surface area (Å²) in [7, 11) is 0. The Morgan fingerprint density at radius 2 is 1.35 bits per heavy atom. The minimum Gasteiger partial charge on any atom is -0.346 e. The molecule has 40 heavy (non-hydrogen) atoms. The van der Waals surface area contributed by atoms with Crippen molar-refractivity contribution in [1.82, 2.24) is 4.90 Å². The van der Waals surface area contributed by atoms with Crippen LogP contribution in [0.4, 0.5) is 0 Å². The van der Waals surface area contributed by atoms with E-state index in [2.05, 4.69) is 153 Å². The van der Waals surface area contributed by atoms with E-state index in [0.29, 0.717) is 5.92 Å². The Kier molecular flexibility index (Phi) is 9.08. The van der Waals surface area contributed by atoms with Gasteiger partial charge in [-0.1, -0.05) is 134 Å². The summed E-state index contributed by atoms with van der Waals surface area (Å²) in [5.74, 6) is 0.373. The molecule has 0 amide bonds. The molecule has 0 aliphatic carbocycles. The summed E-state index contributed by atoms with van der Waals surface area (Å²) in [6.07, 6.45) is 7.84. The van der Waals surface area contributed by atoms with Crippen molar-refractivity contribution in [2.45, 2.75) is 52.1 Å². The zero-order valence-electron chi connectivity index (χ0n) is 24.0. The summed E-state index contributed by atoms with van der Waals surface area (Å²) in [6.45, 7) is 7.51. The van der Waals surface area contributed by atoms with E-state index in [1.165, 1.54) is 33.5 Å². The molecule has 2 unspecified atom stereocenters. The summed E-state index contributed by atoms with van der Waals surface area (Å²) >= 11 is 0. The van der Waals surface area contributed by atoms with Crippen molar-refractivity contribution in [3.63, 3.8) is 0 Å². The third kappa shape index (κ3) is 6.18. The topological polar surface area (TPSA) is 15.6 Å². The highest BCUT2D eigenvalue weighted by atomic mass is 15.3. The average molecular weight is 525 g/mol. The van der Waals surface area contributed by atoms with Gasteiger partial charge in [-0.15, -0.1) is 0 Å². The van der Waals surface area contributed by atoms with Crippen LogP contribution < -0.4 is 0 Å². The number of hydrogen-bond donors (Lipinski definition) is 0. The number of hydrogen-bond acceptors (Lipinski definition) is 2. The SMILES string of the molecule is CC=C(CC)CCC(c1ccccc1)c1ccc(C2=CC(c3ccccc3)=NC(c3ccccc3)N2CC)cc1. The van der Waals surface area contributed by atoms with Crippen molar-refractivity contribution < 1.29 is 0 Å². The Balaban J connectivity index is 1.52. The maximum atomic E-state index is 5.25. The van der Waals surface area contributed by atoms with Gasteiger partial charge in [0.1, 0.15) is 6.17 Å². The standard InChI is InChI=1S/C38H40N2/c1-4-29(5-2)22-27-35(30-16-10-7-11-17-30)31-23-25-33(26-24-31)37-28-36(32-18-12-8-13-19-32)39-38(40(37)6-3)34-20-14-9-15-21-34/h4,7-21,23-26,28,35,38H,5-6,22,27H2,1-3H3. The zero-order chi connectivity index (χ0) is 27.7. The van der Waals surface area contributed by atoms with Crippen molar-refractivity contribution in [1.29, 1.82) is 0 Å². The largest absolute Gasteiger partial charge is 0.346 e. The highest BCUT2D eigenvalue weighted by Gasteiger charge is 2.27. The first-order valence-electron chi connectivity index (χ1n) is 14.7. The number of allylic oxidation sites excluding steroid dienone is 3. The predicted octanol–water partition coefficient (Wildman–Crippen LogP) is 9.82. The Morgan fingerprint density at radius 3 is 1.95 bits per heavy atom. The fourth-order valence-corrected chi connectivity index (χ4v) is 5.77. The molecule has 5 rings (SSSR count). The fourth-order valence-electron chi connectivity index (χ4n) is 5.77. The van der Waals surface area contributed by atoms with Crippen molar-refractivity contribution in [2.75, 3.05) is 6.54 Å².